The van der Waals surface area contributed by atoms with Crippen LogP contribution < -0.4 is 4.90 Å². The molecular weight excluding hydrogens is 245 g/mol. The largest absolute Gasteiger partial charge is 0.481 e. The van der Waals surface area contributed by atoms with E-state index in [0.717, 1.165) is 16.9 Å². The smallest absolute Gasteiger partial charge is 0.312 e. The third-order valence-corrected chi connectivity index (χ3v) is 3.40. The number of carboxylic acids is 1. The Morgan fingerprint density at radius 2 is 1.84 bits per heavy atom. The van der Waals surface area contributed by atoms with E-state index in [2.05, 4.69) is 0 Å². The lowest BCUT2D eigenvalue weighted by Gasteiger charge is -2.19. The van der Waals surface area contributed by atoms with Gasteiger partial charge in [-0.15, -0.1) is 0 Å². The SMILES string of the molecule is O=C(O)C1CN(c2ccc(F)cc2)c2ccccc21. The summed E-state index contributed by atoms with van der Waals surface area (Å²) >= 11 is 0. The quantitative estimate of drug-likeness (QED) is 0.898. The van der Waals surface area contributed by atoms with E-state index >= 15 is 0 Å². The standard InChI is InChI=1S/C15H12FNO2/c16-10-5-7-11(8-6-10)17-9-13(15(18)19)12-3-1-2-4-14(12)17/h1-8,13H,9H2,(H,18,19). The fraction of sp³-hybridized carbons (Fsp3) is 0.133. The van der Waals surface area contributed by atoms with Gasteiger partial charge in [-0.1, -0.05) is 18.2 Å². The Morgan fingerprint density at radius 3 is 2.53 bits per heavy atom. The molecule has 0 bridgehead atoms. The minimum atomic E-state index is -0.836. The minimum absolute atomic E-state index is 0.300. The van der Waals surface area contributed by atoms with Crippen molar-refractivity contribution in [3.8, 4) is 0 Å². The highest BCUT2D eigenvalue weighted by Crippen LogP contribution is 2.40. The lowest BCUT2D eigenvalue weighted by atomic mass is 10.0. The molecule has 0 aliphatic carbocycles. The fourth-order valence-corrected chi connectivity index (χ4v) is 2.48. The number of benzene rings is 2. The van der Waals surface area contributed by atoms with Gasteiger partial charge in [0.1, 0.15) is 11.7 Å². The van der Waals surface area contributed by atoms with E-state index in [-0.39, 0.29) is 5.82 Å². The van der Waals surface area contributed by atoms with E-state index in [1.165, 1.54) is 12.1 Å². The van der Waals surface area contributed by atoms with Crippen molar-refractivity contribution < 1.29 is 14.3 Å². The summed E-state index contributed by atoms with van der Waals surface area (Å²) in [4.78, 5) is 13.2. The summed E-state index contributed by atoms with van der Waals surface area (Å²) in [5.41, 5.74) is 2.48. The second-order valence-corrected chi connectivity index (χ2v) is 4.54. The third-order valence-electron chi connectivity index (χ3n) is 3.40. The van der Waals surface area contributed by atoms with Crippen LogP contribution >= 0.6 is 0 Å². The van der Waals surface area contributed by atoms with Gasteiger partial charge in [0.25, 0.3) is 0 Å². The average molecular weight is 257 g/mol. The normalized spacial score (nSPS) is 17.3. The van der Waals surface area contributed by atoms with Crippen LogP contribution in [0.15, 0.2) is 48.5 Å². The van der Waals surface area contributed by atoms with Crippen LogP contribution in [0.4, 0.5) is 15.8 Å². The van der Waals surface area contributed by atoms with Crippen molar-refractivity contribution in [1.29, 1.82) is 0 Å². The van der Waals surface area contributed by atoms with Gasteiger partial charge in [-0.2, -0.15) is 0 Å². The maximum absolute atomic E-state index is 13.0. The van der Waals surface area contributed by atoms with Crippen LogP contribution in [0.3, 0.4) is 0 Å². The summed E-state index contributed by atoms with van der Waals surface area (Å²) in [5, 5.41) is 9.28. The lowest BCUT2D eigenvalue weighted by Crippen LogP contribution is -2.20. The summed E-state index contributed by atoms with van der Waals surface area (Å²) in [6, 6.07) is 13.5. The molecule has 3 rings (SSSR count). The van der Waals surface area contributed by atoms with Crippen molar-refractivity contribution in [3.63, 3.8) is 0 Å². The molecule has 96 valence electrons. The van der Waals surface area contributed by atoms with Gasteiger partial charge in [0.15, 0.2) is 0 Å². The Morgan fingerprint density at radius 1 is 1.16 bits per heavy atom. The molecule has 19 heavy (non-hydrogen) atoms. The van der Waals surface area contributed by atoms with Gasteiger partial charge in [0.05, 0.1) is 0 Å². The van der Waals surface area contributed by atoms with Crippen molar-refractivity contribution in [3.05, 3.63) is 59.9 Å². The molecule has 1 aliphatic heterocycles. The molecule has 1 unspecified atom stereocenters. The Kier molecular flexibility index (Phi) is 2.71. The lowest BCUT2D eigenvalue weighted by molar-refractivity contribution is -0.138. The van der Waals surface area contributed by atoms with Crippen molar-refractivity contribution in [2.75, 3.05) is 11.4 Å². The number of anilines is 2. The Balaban J connectivity index is 2.05. The Labute approximate surface area is 109 Å². The van der Waals surface area contributed by atoms with E-state index in [1.54, 1.807) is 12.1 Å². The van der Waals surface area contributed by atoms with Crippen LogP contribution in [0.25, 0.3) is 0 Å². The highest BCUT2D eigenvalue weighted by Gasteiger charge is 2.33. The number of para-hydroxylation sites is 1. The summed E-state index contributed by atoms with van der Waals surface area (Å²) < 4.78 is 13.0. The van der Waals surface area contributed by atoms with Gasteiger partial charge >= 0.3 is 5.97 Å². The number of carboxylic acid groups (broad SMARTS) is 1. The summed E-state index contributed by atoms with van der Waals surface area (Å²) in [6.07, 6.45) is 0. The van der Waals surface area contributed by atoms with Gasteiger partial charge in [-0.3, -0.25) is 4.79 Å². The average Bonchev–Trinajstić information content (AvgIpc) is 2.79. The highest BCUT2D eigenvalue weighted by atomic mass is 19.1. The predicted molar refractivity (Wildman–Crippen MR) is 70.2 cm³/mol. The maximum Gasteiger partial charge on any atom is 0.312 e. The number of halogens is 1. The summed E-state index contributed by atoms with van der Waals surface area (Å²) in [7, 11) is 0. The van der Waals surface area contributed by atoms with Crippen LogP contribution in [0.2, 0.25) is 0 Å². The van der Waals surface area contributed by atoms with Gasteiger partial charge in [0, 0.05) is 17.9 Å². The van der Waals surface area contributed by atoms with Gasteiger partial charge in [-0.05, 0) is 35.9 Å². The number of hydrogen-bond donors (Lipinski definition) is 1. The molecule has 0 aromatic heterocycles. The molecular formula is C15H12FNO2. The monoisotopic (exact) mass is 257 g/mol. The van der Waals surface area contributed by atoms with E-state index in [1.807, 2.05) is 29.2 Å². The van der Waals surface area contributed by atoms with Gasteiger partial charge in [0.2, 0.25) is 0 Å². The van der Waals surface area contributed by atoms with E-state index in [0.29, 0.717) is 6.54 Å². The number of fused-ring (bicyclic) bond motifs is 1. The van der Waals surface area contributed by atoms with Crippen molar-refractivity contribution >= 4 is 17.3 Å². The zero-order chi connectivity index (χ0) is 13.4. The molecule has 1 heterocycles. The number of hydrogen-bond acceptors (Lipinski definition) is 2. The summed E-state index contributed by atoms with van der Waals surface area (Å²) in [6.45, 7) is 0.375. The second kappa shape index (κ2) is 4.39. The maximum atomic E-state index is 13.0. The zero-order valence-electron chi connectivity index (χ0n) is 10.1. The first-order valence-electron chi connectivity index (χ1n) is 6.01. The van der Waals surface area contributed by atoms with E-state index in [9.17, 15) is 14.3 Å². The van der Waals surface area contributed by atoms with Crippen molar-refractivity contribution in [2.24, 2.45) is 0 Å². The molecule has 0 fully saturated rings. The van der Waals surface area contributed by atoms with E-state index in [4.69, 9.17) is 0 Å². The number of rotatable bonds is 2. The third kappa shape index (κ3) is 1.95. The summed E-state index contributed by atoms with van der Waals surface area (Å²) in [5.74, 6) is -1.68. The van der Waals surface area contributed by atoms with Crippen LogP contribution in [0.5, 0.6) is 0 Å². The fourth-order valence-electron chi connectivity index (χ4n) is 2.48. The molecule has 4 heteroatoms. The van der Waals surface area contributed by atoms with Gasteiger partial charge < -0.3 is 10.0 Å². The minimum Gasteiger partial charge on any atom is -0.481 e. The first kappa shape index (κ1) is 11.7. The molecule has 0 saturated heterocycles. The van der Waals surface area contributed by atoms with Crippen LogP contribution in [-0.4, -0.2) is 17.6 Å². The molecule has 0 spiro atoms. The second-order valence-electron chi connectivity index (χ2n) is 4.54. The first-order chi connectivity index (χ1) is 9.16. The highest BCUT2D eigenvalue weighted by molar-refractivity contribution is 5.85. The van der Waals surface area contributed by atoms with Crippen LogP contribution in [0, 0.1) is 5.82 Å². The number of nitrogens with zero attached hydrogens (tertiary/aromatic N) is 1. The number of carbonyl (C=O) groups is 1. The Hall–Kier alpha value is -2.36. The van der Waals surface area contributed by atoms with Crippen LogP contribution in [-0.2, 0) is 4.79 Å². The van der Waals surface area contributed by atoms with Crippen molar-refractivity contribution in [1.82, 2.24) is 0 Å². The Bertz CT molecular complexity index is 624. The molecule has 2 aromatic rings. The first-order valence-corrected chi connectivity index (χ1v) is 6.01. The molecule has 0 radical (unpaired) electrons. The molecule has 0 saturated carbocycles. The number of aliphatic carboxylic acids is 1. The zero-order valence-corrected chi connectivity index (χ0v) is 10.1. The molecule has 3 nitrogen and oxygen atoms in total. The molecule has 1 N–H and O–H groups in total. The molecule has 0 amide bonds. The topological polar surface area (TPSA) is 40.5 Å². The predicted octanol–water partition coefficient (Wildman–Crippen LogP) is 3.15. The molecule has 1 atom stereocenters. The molecule has 1 aliphatic rings. The van der Waals surface area contributed by atoms with Crippen LogP contribution in [0.1, 0.15) is 11.5 Å². The van der Waals surface area contributed by atoms with E-state index < -0.39 is 11.9 Å². The van der Waals surface area contributed by atoms with Crippen molar-refractivity contribution in [2.45, 2.75) is 5.92 Å². The molecule has 2 aromatic carbocycles. The van der Waals surface area contributed by atoms with Gasteiger partial charge in [-0.25, -0.2) is 4.39 Å².